The molecule has 0 atom stereocenters. The maximum absolute atomic E-state index is 10.9. The predicted molar refractivity (Wildman–Crippen MR) is 73.9 cm³/mol. The molecule has 1 amide bonds. The highest BCUT2D eigenvalue weighted by Crippen LogP contribution is 2.27. The third-order valence-electron chi connectivity index (χ3n) is 3.63. The molecule has 1 aromatic carbocycles. The third kappa shape index (κ3) is 1.95. The van der Waals surface area contributed by atoms with E-state index in [-0.39, 0.29) is 0 Å². The summed E-state index contributed by atoms with van der Waals surface area (Å²) >= 11 is 0. The molecule has 0 saturated carbocycles. The number of nitrogens with zero attached hydrogens (tertiary/aromatic N) is 3. The maximum atomic E-state index is 10.9. The fourth-order valence-corrected chi connectivity index (χ4v) is 2.59. The third-order valence-corrected chi connectivity index (χ3v) is 3.63. The van der Waals surface area contributed by atoms with Gasteiger partial charge in [0.05, 0.1) is 5.52 Å². The zero-order valence-electron chi connectivity index (χ0n) is 10.5. The van der Waals surface area contributed by atoms with Crippen LogP contribution in [0.3, 0.4) is 0 Å². The molecule has 3 N–H and O–H groups in total. The largest absolute Gasteiger partial charge is 0.465 e. The van der Waals surface area contributed by atoms with E-state index in [0.717, 1.165) is 16.6 Å². The van der Waals surface area contributed by atoms with Gasteiger partial charge in [0.25, 0.3) is 0 Å². The van der Waals surface area contributed by atoms with Crippen molar-refractivity contribution in [1.29, 1.82) is 0 Å². The van der Waals surface area contributed by atoms with Crippen LogP contribution >= 0.6 is 0 Å². The Labute approximate surface area is 110 Å². The summed E-state index contributed by atoms with van der Waals surface area (Å²) in [6.07, 6.45) is 0.993. The molecule has 0 spiro atoms. The number of fused-ring (bicyclic) bond motifs is 1. The summed E-state index contributed by atoms with van der Waals surface area (Å²) in [6, 6.07) is 8.00. The van der Waals surface area contributed by atoms with Crippen LogP contribution in [0.2, 0.25) is 0 Å². The molecule has 0 radical (unpaired) electrons. The van der Waals surface area contributed by atoms with Gasteiger partial charge in [0.15, 0.2) is 0 Å². The van der Waals surface area contributed by atoms with Crippen molar-refractivity contribution < 1.29 is 9.90 Å². The lowest BCUT2D eigenvalue weighted by atomic mass is 10.2. The standard InChI is InChI=1S/C13H16N4O2/c14-17-5-4-10-11(2-1-3-12(10)17)15-6-8-16(9-7-15)13(18)19/h1-5H,6-9,14H2,(H,18,19). The van der Waals surface area contributed by atoms with Gasteiger partial charge in [0.2, 0.25) is 0 Å². The number of hydrogen-bond donors (Lipinski definition) is 2. The highest BCUT2D eigenvalue weighted by molar-refractivity contribution is 5.93. The van der Waals surface area contributed by atoms with Gasteiger partial charge >= 0.3 is 6.09 Å². The lowest BCUT2D eigenvalue weighted by molar-refractivity contribution is 0.142. The first-order chi connectivity index (χ1) is 9.16. The van der Waals surface area contributed by atoms with Crippen LogP contribution in [0.1, 0.15) is 0 Å². The highest BCUT2D eigenvalue weighted by atomic mass is 16.4. The molecule has 6 nitrogen and oxygen atoms in total. The zero-order chi connectivity index (χ0) is 13.4. The normalized spacial score (nSPS) is 16.0. The van der Waals surface area contributed by atoms with Crippen molar-refractivity contribution >= 4 is 22.7 Å². The number of nitrogens with two attached hydrogens (primary N) is 1. The van der Waals surface area contributed by atoms with E-state index in [2.05, 4.69) is 11.0 Å². The summed E-state index contributed by atoms with van der Waals surface area (Å²) in [4.78, 5) is 14.6. The van der Waals surface area contributed by atoms with E-state index in [0.29, 0.717) is 26.2 Å². The molecule has 1 fully saturated rings. The minimum Gasteiger partial charge on any atom is -0.465 e. The average molecular weight is 260 g/mol. The maximum Gasteiger partial charge on any atom is 0.407 e. The molecule has 0 unspecified atom stereocenters. The monoisotopic (exact) mass is 260 g/mol. The Kier molecular flexibility index (Phi) is 2.70. The summed E-state index contributed by atoms with van der Waals surface area (Å²) in [5.41, 5.74) is 2.10. The lowest BCUT2D eigenvalue weighted by Gasteiger charge is -2.35. The number of benzene rings is 1. The van der Waals surface area contributed by atoms with Gasteiger partial charge in [-0.3, -0.25) is 4.68 Å². The summed E-state index contributed by atoms with van der Waals surface area (Å²) in [5, 5.41) is 10.1. The number of carboxylic acid groups (broad SMARTS) is 1. The van der Waals surface area contributed by atoms with Gasteiger partial charge in [-0.1, -0.05) is 6.07 Å². The average Bonchev–Trinajstić information content (AvgIpc) is 2.81. The van der Waals surface area contributed by atoms with Crippen LogP contribution in [0.4, 0.5) is 10.5 Å². The molecular weight excluding hydrogens is 244 g/mol. The van der Waals surface area contributed by atoms with Gasteiger partial charge in [-0.25, -0.2) is 4.79 Å². The summed E-state index contributed by atoms with van der Waals surface area (Å²) in [7, 11) is 0. The first-order valence-electron chi connectivity index (χ1n) is 6.25. The van der Waals surface area contributed by atoms with Crippen molar-refractivity contribution in [3.63, 3.8) is 0 Å². The molecule has 6 heteroatoms. The van der Waals surface area contributed by atoms with E-state index >= 15 is 0 Å². The Hall–Kier alpha value is -2.37. The SMILES string of the molecule is Nn1ccc2c(N3CCN(C(=O)O)CC3)cccc21. The number of nitrogen functional groups attached to an aromatic ring is 1. The van der Waals surface area contributed by atoms with Crippen LogP contribution in [0, 0.1) is 0 Å². The van der Waals surface area contributed by atoms with Crippen LogP contribution in [0.25, 0.3) is 10.9 Å². The molecular formula is C13H16N4O2. The molecule has 1 saturated heterocycles. The van der Waals surface area contributed by atoms with Crippen molar-refractivity contribution in [2.24, 2.45) is 0 Å². The Morgan fingerprint density at radius 2 is 1.89 bits per heavy atom. The number of rotatable bonds is 1. The molecule has 3 rings (SSSR count). The van der Waals surface area contributed by atoms with Gasteiger partial charge in [-0.05, 0) is 18.2 Å². The van der Waals surface area contributed by atoms with Gasteiger partial charge in [0, 0.05) is 43.4 Å². The first-order valence-corrected chi connectivity index (χ1v) is 6.25. The second-order valence-corrected chi connectivity index (χ2v) is 4.69. The number of carbonyl (C=O) groups is 1. The van der Waals surface area contributed by atoms with Crippen molar-refractivity contribution in [3.05, 3.63) is 30.5 Å². The van der Waals surface area contributed by atoms with Crippen LogP contribution < -0.4 is 10.7 Å². The van der Waals surface area contributed by atoms with E-state index < -0.39 is 6.09 Å². The van der Waals surface area contributed by atoms with Crippen LogP contribution in [0.5, 0.6) is 0 Å². The van der Waals surface area contributed by atoms with Crippen LogP contribution in [-0.4, -0.2) is 47.0 Å². The fourth-order valence-electron chi connectivity index (χ4n) is 2.59. The molecule has 0 aliphatic carbocycles. The lowest BCUT2D eigenvalue weighted by Crippen LogP contribution is -2.48. The summed E-state index contributed by atoms with van der Waals surface area (Å²) in [5.74, 6) is 5.85. The number of aromatic nitrogens is 1. The smallest absolute Gasteiger partial charge is 0.407 e. The topological polar surface area (TPSA) is 74.7 Å². The second-order valence-electron chi connectivity index (χ2n) is 4.69. The number of hydrogen-bond acceptors (Lipinski definition) is 3. The van der Waals surface area contributed by atoms with Gasteiger partial charge in [-0.2, -0.15) is 0 Å². The molecule has 1 aliphatic rings. The molecule has 2 aromatic rings. The van der Waals surface area contributed by atoms with E-state index in [1.807, 2.05) is 24.4 Å². The van der Waals surface area contributed by atoms with E-state index in [1.54, 1.807) is 4.68 Å². The molecule has 1 aliphatic heterocycles. The Balaban J connectivity index is 1.88. The molecule has 100 valence electrons. The van der Waals surface area contributed by atoms with E-state index in [9.17, 15) is 4.79 Å². The summed E-state index contributed by atoms with van der Waals surface area (Å²) in [6.45, 7) is 2.49. The van der Waals surface area contributed by atoms with Gasteiger partial charge < -0.3 is 20.7 Å². The van der Waals surface area contributed by atoms with Gasteiger partial charge in [0.1, 0.15) is 0 Å². The van der Waals surface area contributed by atoms with E-state index in [4.69, 9.17) is 10.9 Å². The molecule has 19 heavy (non-hydrogen) atoms. The molecule has 2 heterocycles. The minimum absolute atomic E-state index is 0.537. The van der Waals surface area contributed by atoms with Gasteiger partial charge in [-0.15, -0.1) is 0 Å². The van der Waals surface area contributed by atoms with Crippen LogP contribution in [0.15, 0.2) is 30.5 Å². The first kappa shape index (κ1) is 11.7. The fraction of sp³-hybridized carbons (Fsp3) is 0.308. The van der Waals surface area contributed by atoms with Crippen LogP contribution in [-0.2, 0) is 0 Å². The number of piperazine rings is 1. The Bertz CT molecular complexity index is 614. The Morgan fingerprint density at radius 1 is 1.16 bits per heavy atom. The zero-order valence-corrected chi connectivity index (χ0v) is 10.5. The number of amides is 1. The molecule has 1 aromatic heterocycles. The predicted octanol–water partition coefficient (Wildman–Crippen LogP) is 1.16. The molecule has 0 bridgehead atoms. The minimum atomic E-state index is -0.842. The Morgan fingerprint density at radius 3 is 2.58 bits per heavy atom. The highest BCUT2D eigenvalue weighted by Gasteiger charge is 2.21. The quantitative estimate of drug-likeness (QED) is 0.754. The summed E-state index contributed by atoms with van der Waals surface area (Å²) < 4.78 is 1.60. The number of anilines is 1. The van der Waals surface area contributed by atoms with Crippen molar-refractivity contribution in [3.8, 4) is 0 Å². The van der Waals surface area contributed by atoms with Crippen molar-refractivity contribution in [2.75, 3.05) is 36.9 Å². The van der Waals surface area contributed by atoms with Crippen molar-refractivity contribution in [2.45, 2.75) is 0 Å². The second kappa shape index (κ2) is 4.38. The van der Waals surface area contributed by atoms with E-state index in [1.165, 1.54) is 4.90 Å². The van der Waals surface area contributed by atoms with Crippen molar-refractivity contribution in [1.82, 2.24) is 9.58 Å².